The monoisotopic (exact) mass is 282 g/mol. The Morgan fingerprint density at radius 2 is 2.00 bits per heavy atom. The molecule has 0 saturated carbocycles. The van der Waals surface area contributed by atoms with E-state index in [2.05, 4.69) is 20.9 Å². The highest BCUT2D eigenvalue weighted by atomic mass is 19.1. The molecule has 7 heteroatoms. The molecule has 0 aliphatic heterocycles. The van der Waals surface area contributed by atoms with Crippen LogP contribution in [0, 0.1) is 5.82 Å². The van der Waals surface area contributed by atoms with Crippen molar-refractivity contribution in [1.29, 1.82) is 0 Å². The van der Waals surface area contributed by atoms with Crippen molar-refractivity contribution in [3.8, 4) is 0 Å². The Hall–Kier alpha value is -2.18. The fraction of sp³-hybridized carbons (Fsp3) is 0.462. The maximum atomic E-state index is 13.8. The van der Waals surface area contributed by atoms with Crippen molar-refractivity contribution in [2.75, 3.05) is 18.9 Å². The molecule has 0 unspecified atom stereocenters. The molecule has 2 amide bonds. The summed E-state index contributed by atoms with van der Waals surface area (Å²) >= 11 is 0. The van der Waals surface area contributed by atoms with Crippen molar-refractivity contribution in [1.82, 2.24) is 15.6 Å². The van der Waals surface area contributed by atoms with Crippen LogP contribution in [-0.4, -0.2) is 35.9 Å². The van der Waals surface area contributed by atoms with Gasteiger partial charge in [-0.25, -0.2) is 9.37 Å². The first kappa shape index (κ1) is 15.9. The summed E-state index contributed by atoms with van der Waals surface area (Å²) in [7, 11) is 1.50. The Labute approximate surface area is 117 Å². The summed E-state index contributed by atoms with van der Waals surface area (Å²) in [5.41, 5.74) is -0.545. The summed E-state index contributed by atoms with van der Waals surface area (Å²) in [4.78, 5) is 27.1. The van der Waals surface area contributed by atoms with Gasteiger partial charge in [0.15, 0.2) is 11.6 Å². The van der Waals surface area contributed by atoms with Gasteiger partial charge >= 0.3 is 0 Å². The fourth-order valence-electron chi connectivity index (χ4n) is 1.51. The van der Waals surface area contributed by atoms with E-state index >= 15 is 0 Å². The number of hydrogen-bond donors (Lipinski definition) is 3. The number of nitrogens with one attached hydrogen (secondary N) is 3. The zero-order valence-electron chi connectivity index (χ0n) is 12.0. The Morgan fingerprint density at radius 3 is 2.55 bits per heavy atom. The van der Waals surface area contributed by atoms with Crippen molar-refractivity contribution >= 4 is 17.6 Å². The summed E-state index contributed by atoms with van der Waals surface area (Å²) < 4.78 is 13.8. The molecule has 0 radical (unpaired) electrons. The van der Waals surface area contributed by atoms with Gasteiger partial charge in [-0.2, -0.15) is 0 Å². The lowest BCUT2D eigenvalue weighted by molar-refractivity contribution is -0.121. The topological polar surface area (TPSA) is 83.1 Å². The minimum absolute atomic E-state index is 0.0169. The van der Waals surface area contributed by atoms with E-state index in [0.717, 1.165) is 0 Å². The number of carbonyl (C=O) groups excluding carboxylic acids is 2. The average Bonchev–Trinajstić information content (AvgIpc) is 2.34. The van der Waals surface area contributed by atoms with Gasteiger partial charge in [0.1, 0.15) is 0 Å². The van der Waals surface area contributed by atoms with Gasteiger partial charge in [-0.1, -0.05) is 0 Å². The number of halogens is 1. The van der Waals surface area contributed by atoms with Crippen molar-refractivity contribution in [2.24, 2.45) is 0 Å². The quantitative estimate of drug-likeness (QED) is 0.766. The second-order valence-electron chi connectivity index (χ2n) is 5.25. The van der Waals surface area contributed by atoms with E-state index in [1.807, 2.05) is 20.8 Å². The predicted octanol–water partition coefficient (Wildman–Crippen LogP) is 0.907. The summed E-state index contributed by atoms with van der Waals surface area (Å²) in [5, 5.41) is 7.60. The van der Waals surface area contributed by atoms with Crippen LogP contribution in [0.1, 0.15) is 31.1 Å². The van der Waals surface area contributed by atoms with Crippen molar-refractivity contribution in [3.05, 3.63) is 23.6 Å². The van der Waals surface area contributed by atoms with Gasteiger partial charge in [0.2, 0.25) is 5.91 Å². The first-order valence-electron chi connectivity index (χ1n) is 6.16. The molecule has 0 spiro atoms. The molecular weight excluding hydrogens is 263 g/mol. The smallest absolute Gasteiger partial charge is 0.254 e. The third kappa shape index (κ3) is 4.49. The summed E-state index contributed by atoms with van der Waals surface area (Å²) in [5.74, 6) is -1.76. The van der Waals surface area contributed by atoms with Gasteiger partial charge in [-0.05, 0) is 26.8 Å². The lowest BCUT2D eigenvalue weighted by Gasteiger charge is -2.20. The molecule has 0 atom stereocenters. The van der Waals surface area contributed by atoms with E-state index in [1.54, 1.807) is 0 Å². The van der Waals surface area contributed by atoms with E-state index in [1.165, 1.54) is 19.3 Å². The van der Waals surface area contributed by atoms with Gasteiger partial charge in [-0.3, -0.25) is 9.59 Å². The molecule has 0 saturated heterocycles. The molecule has 1 aromatic heterocycles. The third-order valence-corrected chi connectivity index (χ3v) is 2.29. The number of carbonyl (C=O) groups is 2. The van der Waals surface area contributed by atoms with Crippen LogP contribution in [0.3, 0.4) is 0 Å². The third-order valence-electron chi connectivity index (χ3n) is 2.29. The molecule has 1 rings (SSSR count). The summed E-state index contributed by atoms with van der Waals surface area (Å²) in [6.45, 7) is 5.27. The summed E-state index contributed by atoms with van der Waals surface area (Å²) in [6, 6.07) is 1.26. The van der Waals surface area contributed by atoms with Gasteiger partial charge in [-0.15, -0.1) is 0 Å². The van der Waals surface area contributed by atoms with Crippen molar-refractivity contribution < 1.29 is 14.0 Å². The van der Waals surface area contributed by atoms with E-state index in [4.69, 9.17) is 0 Å². The highest BCUT2D eigenvalue weighted by Crippen LogP contribution is 2.13. The van der Waals surface area contributed by atoms with Crippen molar-refractivity contribution in [2.45, 2.75) is 26.3 Å². The number of nitrogens with zero attached hydrogens (tertiary/aromatic N) is 1. The van der Waals surface area contributed by atoms with E-state index in [9.17, 15) is 14.0 Å². The highest BCUT2D eigenvalue weighted by Gasteiger charge is 2.18. The molecule has 0 aromatic carbocycles. The zero-order chi connectivity index (χ0) is 15.3. The first-order valence-corrected chi connectivity index (χ1v) is 6.16. The molecule has 1 heterocycles. The lowest BCUT2D eigenvalue weighted by Crippen LogP contribution is -2.45. The molecule has 0 aliphatic carbocycles. The predicted molar refractivity (Wildman–Crippen MR) is 74.0 cm³/mol. The maximum Gasteiger partial charge on any atom is 0.254 e. The molecule has 6 nitrogen and oxygen atoms in total. The normalized spacial score (nSPS) is 10.8. The van der Waals surface area contributed by atoms with E-state index in [-0.39, 0.29) is 29.4 Å². The van der Waals surface area contributed by atoms with Crippen LogP contribution >= 0.6 is 0 Å². The molecule has 3 N–H and O–H groups in total. The number of pyridine rings is 1. The fourth-order valence-corrected chi connectivity index (χ4v) is 1.51. The van der Waals surface area contributed by atoms with E-state index < -0.39 is 11.7 Å². The lowest BCUT2D eigenvalue weighted by atomic mass is 10.1. The Bertz CT molecular complexity index is 512. The van der Waals surface area contributed by atoms with Gasteiger partial charge in [0, 0.05) is 18.8 Å². The van der Waals surface area contributed by atoms with Crippen LogP contribution in [0.2, 0.25) is 0 Å². The standard InChI is InChI=1S/C13H19FN4O2/c1-13(2,3)18-9(19)7-17-12(20)8-5-6-16-11(15-4)10(8)14/h5-6H,7H2,1-4H3,(H,15,16)(H,17,20)(H,18,19). The highest BCUT2D eigenvalue weighted by molar-refractivity contribution is 5.97. The Morgan fingerprint density at radius 1 is 1.35 bits per heavy atom. The van der Waals surface area contributed by atoms with Gasteiger partial charge in [0.05, 0.1) is 12.1 Å². The first-order chi connectivity index (χ1) is 9.24. The molecule has 0 fully saturated rings. The largest absolute Gasteiger partial charge is 0.371 e. The van der Waals surface area contributed by atoms with Crippen LogP contribution in [0.15, 0.2) is 12.3 Å². The van der Waals surface area contributed by atoms with Crippen LogP contribution in [0.5, 0.6) is 0 Å². The number of hydrogen-bond acceptors (Lipinski definition) is 4. The maximum absolute atomic E-state index is 13.8. The van der Waals surface area contributed by atoms with Crippen LogP contribution in [0.4, 0.5) is 10.2 Å². The molecule has 110 valence electrons. The number of rotatable bonds is 4. The molecule has 1 aromatic rings. The van der Waals surface area contributed by atoms with Crippen molar-refractivity contribution in [3.63, 3.8) is 0 Å². The SMILES string of the molecule is CNc1nccc(C(=O)NCC(=O)NC(C)(C)C)c1F. The average molecular weight is 282 g/mol. The van der Waals surface area contributed by atoms with Crippen LogP contribution < -0.4 is 16.0 Å². The van der Waals surface area contributed by atoms with Gasteiger partial charge < -0.3 is 16.0 Å². The number of aromatic nitrogens is 1. The minimum atomic E-state index is -0.747. The molecule has 0 bridgehead atoms. The Balaban J connectivity index is 2.66. The summed E-state index contributed by atoms with van der Waals surface area (Å²) in [6.07, 6.45) is 1.32. The van der Waals surface area contributed by atoms with E-state index in [0.29, 0.717) is 0 Å². The molecule has 20 heavy (non-hydrogen) atoms. The van der Waals surface area contributed by atoms with Crippen LogP contribution in [0.25, 0.3) is 0 Å². The van der Waals surface area contributed by atoms with Gasteiger partial charge in [0.25, 0.3) is 5.91 Å². The van der Waals surface area contributed by atoms with Crippen LogP contribution in [-0.2, 0) is 4.79 Å². The second kappa shape index (κ2) is 6.31. The minimum Gasteiger partial charge on any atom is -0.371 e. The molecular formula is C13H19FN4O2. The second-order valence-corrected chi connectivity index (χ2v) is 5.25. The zero-order valence-corrected chi connectivity index (χ0v) is 12.0. The number of amides is 2. The number of anilines is 1. The molecule has 0 aliphatic rings. The Kier molecular flexibility index (Phi) is 5.01.